The molecule has 0 aromatic carbocycles. The summed E-state index contributed by atoms with van der Waals surface area (Å²) < 4.78 is 5.49. The van der Waals surface area contributed by atoms with Crippen molar-refractivity contribution in [2.75, 3.05) is 33.4 Å². The zero-order chi connectivity index (χ0) is 6.32. The van der Waals surface area contributed by atoms with E-state index in [2.05, 4.69) is 17.3 Å². The molecule has 52 valence electrons. The van der Waals surface area contributed by atoms with Crippen LogP contribution in [0.3, 0.4) is 0 Å². The molecular formula is C6H12N2O. The Balaban J connectivity index is 1.95. The van der Waals surface area contributed by atoms with Gasteiger partial charge in [0.25, 0.3) is 0 Å². The second-order valence-corrected chi connectivity index (χ2v) is 3.07. The monoisotopic (exact) mass is 128 g/mol. The van der Waals surface area contributed by atoms with E-state index >= 15 is 0 Å². The molecule has 1 N–H and O–H groups in total. The fraction of sp³-hybridized carbons (Fsp3) is 1.00. The molecular weight excluding hydrogens is 116 g/mol. The van der Waals surface area contributed by atoms with Crippen molar-refractivity contribution in [1.29, 1.82) is 0 Å². The van der Waals surface area contributed by atoms with E-state index in [9.17, 15) is 0 Å². The van der Waals surface area contributed by atoms with Crippen molar-refractivity contribution in [1.82, 2.24) is 10.2 Å². The quantitative estimate of drug-likeness (QED) is 0.464. The summed E-state index contributed by atoms with van der Waals surface area (Å²) in [5.74, 6) is 0. The van der Waals surface area contributed by atoms with Gasteiger partial charge in [0.15, 0.2) is 0 Å². The number of nitrogens with zero attached hydrogens (tertiary/aromatic N) is 1. The van der Waals surface area contributed by atoms with Crippen LogP contribution in [0.4, 0.5) is 0 Å². The fourth-order valence-electron chi connectivity index (χ4n) is 1.67. The van der Waals surface area contributed by atoms with E-state index < -0.39 is 0 Å². The highest BCUT2D eigenvalue weighted by Gasteiger charge is 2.44. The van der Waals surface area contributed by atoms with Crippen molar-refractivity contribution in [2.24, 2.45) is 0 Å². The number of hydrogen-bond donors (Lipinski definition) is 1. The fourth-order valence-corrected chi connectivity index (χ4v) is 1.67. The Morgan fingerprint density at radius 3 is 2.78 bits per heavy atom. The molecule has 3 nitrogen and oxygen atoms in total. The average Bonchev–Trinajstić information content (AvgIpc) is 2.12. The Labute approximate surface area is 55.0 Å². The van der Waals surface area contributed by atoms with Crippen molar-refractivity contribution in [3.05, 3.63) is 0 Å². The van der Waals surface area contributed by atoms with Crippen LogP contribution in [0.15, 0.2) is 0 Å². The molecule has 9 heavy (non-hydrogen) atoms. The van der Waals surface area contributed by atoms with E-state index in [1.807, 2.05) is 0 Å². The molecule has 3 heteroatoms. The van der Waals surface area contributed by atoms with Crippen LogP contribution >= 0.6 is 0 Å². The zero-order valence-corrected chi connectivity index (χ0v) is 5.68. The molecule has 0 radical (unpaired) electrons. The van der Waals surface area contributed by atoms with E-state index in [0.717, 1.165) is 26.4 Å². The third kappa shape index (κ3) is 0.764. The molecule has 2 rings (SSSR count). The van der Waals surface area contributed by atoms with Crippen LogP contribution in [0.2, 0.25) is 0 Å². The minimum absolute atomic E-state index is 0.203. The van der Waals surface area contributed by atoms with Gasteiger partial charge in [0.1, 0.15) is 5.60 Å². The predicted octanol–water partition coefficient (Wildman–Crippen LogP) is -0.752. The van der Waals surface area contributed by atoms with Gasteiger partial charge in [-0.1, -0.05) is 0 Å². The van der Waals surface area contributed by atoms with Crippen LogP contribution in [0.5, 0.6) is 0 Å². The van der Waals surface area contributed by atoms with Crippen LogP contribution in [0, 0.1) is 0 Å². The number of nitrogens with one attached hydrogen (secondary N) is 1. The first-order valence-corrected chi connectivity index (χ1v) is 3.34. The van der Waals surface area contributed by atoms with Crippen molar-refractivity contribution < 1.29 is 4.74 Å². The van der Waals surface area contributed by atoms with E-state index in [4.69, 9.17) is 4.74 Å². The maximum absolute atomic E-state index is 5.49. The topological polar surface area (TPSA) is 24.5 Å². The van der Waals surface area contributed by atoms with Gasteiger partial charge in [-0.2, -0.15) is 0 Å². The van der Waals surface area contributed by atoms with Gasteiger partial charge in [0, 0.05) is 19.6 Å². The Kier molecular flexibility index (Phi) is 1.06. The summed E-state index contributed by atoms with van der Waals surface area (Å²) in [7, 11) is 2.12. The lowest BCUT2D eigenvalue weighted by Crippen LogP contribution is -2.62. The molecule has 0 atom stereocenters. The van der Waals surface area contributed by atoms with Crippen molar-refractivity contribution in [3.8, 4) is 0 Å². The highest BCUT2D eigenvalue weighted by Crippen LogP contribution is 2.25. The Morgan fingerprint density at radius 1 is 1.56 bits per heavy atom. The Hall–Kier alpha value is -0.120. The molecule has 0 amide bonds. The molecule has 0 bridgehead atoms. The first kappa shape index (κ1) is 5.65. The standard InChI is InChI=1S/C6H12N2O/c1-8-3-6(4-8)2-7-5-9-6/h7H,2-5H2,1H3. The molecule has 2 aliphatic heterocycles. The maximum Gasteiger partial charge on any atom is 0.108 e. The summed E-state index contributed by atoms with van der Waals surface area (Å²) in [6.07, 6.45) is 0. The molecule has 0 unspecified atom stereocenters. The molecule has 0 aromatic heterocycles. The number of ether oxygens (including phenoxy) is 1. The van der Waals surface area contributed by atoms with Gasteiger partial charge in [-0.25, -0.2) is 0 Å². The highest BCUT2D eigenvalue weighted by molar-refractivity contribution is 4.99. The lowest BCUT2D eigenvalue weighted by Gasteiger charge is -2.44. The second kappa shape index (κ2) is 1.68. The van der Waals surface area contributed by atoms with E-state index in [1.165, 1.54) is 0 Å². The summed E-state index contributed by atoms with van der Waals surface area (Å²) >= 11 is 0. The third-order valence-electron chi connectivity index (χ3n) is 2.04. The minimum Gasteiger partial charge on any atom is -0.356 e. The zero-order valence-electron chi connectivity index (χ0n) is 5.68. The van der Waals surface area contributed by atoms with Crippen molar-refractivity contribution in [2.45, 2.75) is 5.60 Å². The molecule has 0 saturated carbocycles. The van der Waals surface area contributed by atoms with Crippen molar-refractivity contribution >= 4 is 0 Å². The summed E-state index contributed by atoms with van der Waals surface area (Å²) in [6, 6.07) is 0. The van der Waals surface area contributed by atoms with Crippen molar-refractivity contribution in [3.63, 3.8) is 0 Å². The van der Waals surface area contributed by atoms with E-state index in [1.54, 1.807) is 0 Å². The van der Waals surface area contributed by atoms with Gasteiger partial charge >= 0.3 is 0 Å². The van der Waals surface area contributed by atoms with E-state index in [0.29, 0.717) is 0 Å². The van der Waals surface area contributed by atoms with Gasteiger partial charge in [0.05, 0.1) is 6.73 Å². The van der Waals surface area contributed by atoms with Gasteiger partial charge in [0.2, 0.25) is 0 Å². The average molecular weight is 128 g/mol. The van der Waals surface area contributed by atoms with Gasteiger partial charge in [-0.05, 0) is 7.05 Å². The molecule has 2 saturated heterocycles. The number of hydrogen-bond acceptors (Lipinski definition) is 3. The van der Waals surface area contributed by atoms with Gasteiger partial charge in [-0.15, -0.1) is 0 Å². The normalized spacial score (nSPS) is 33.0. The highest BCUT2D eigenvalue weighted by atomic mass is 16.5. The maximum atomic E-state index is 5.49. The van der Waals surface area contributed by atoms with Crippen LogP contribution in [-0.4, -0.2) is 43.9 Å². The van der Waals surface area contributed by atoms with E-state index in [-0.39, 0.29) is 5.60 Å². The second-order valence-electron chi connectivity index (χ2n) is 3.07. The first-order chi connectivity index (χ1) is 4.31. The SMILES string of the molecule is CN1CC2(CNCO2)C1. The minimum atomic E-state index is 0.203. The summed E-state index contributed by atoms with van der Waals surface area (Å²) in [5, 5.41) is 3.19. The third-order valence-corrected chi connectivity index (χ3v) is 2.04. The number of rotatable bonds is 0. The molecule has 2 fully saturated rings. The number of likely N-dealkylation sites (tertiary alicyclic amines) is 1. The molecule has 1 spiro atoms. The smallest absolute Gasteiger partial charge is 0.108 e. The summed E-state index contributed by atoms with van der Waals surface area (Å²) in [5.41, 5.74) is 0.203. The van der Waals surface area contributed by atoms with Crippen LogP contribution in [0.25, 0.3) is 0 Å². The Bertz CT molecular complexity index is 112. The molecule has 0 aromatic rings. The lowest BCUT2D eigenvalue weighted by atomic mass is 9.96. The number of likely N-dealkylation sites (N-methyl/N-ethyl adjacent to an activating group) is 1. The first-order valence-electron chi connectivity index (χ1n) is 3.34. The molecule has 2 heterocycles. The largest absolute Gasteiger partial charge is 0.356 e. The molecule has 0 aliphatic carbocycles. The summed E-state index contributed by atoms with van der Waals surface area (Å²) in [4.78, 5) is 2.27. The van der Waals surface area contributed by atoms with Crippen LogP contribution in [0.1, 0.15) is 0 Å². The molecule has 2 aliphatic rings. The Morgan fingerprint density at radius 2 is 2.33 bits per heavy atom. The van der Waals surface area contributed by atoms with Crippen LogP contribution in [-0.2, 0) is 4.74 Å². The predicted molar refractivity (Wildman–Crippen MR) is 34.2 cm³/mol. The van der Waals surface area contributed by atoms with Crippen LogP contribution < -0.4 is 5.32 Å². The van der Waals surface area contributed by atoms with Gasteiger partial charge < -0.3 is 9.64 Å². The van der Waals surface area contributed by atoms with Gasteiger partial charge in [-0.3, -0.25) is 5.32 Å². The lowest BCUT2D eigenvalue weighted by molar-refractivity contribution is -0.0931. The summed E-state index contributed by atoms with van der Waals surface area (Å²) in [6.45, 7) is 3.98.